The van der Waals surface area contributed by atoms with Crippen LogP contribution in [0.3, 0.4) is 0 Å². The summed E-state index contributed by atoms with van der Waals surface area (Å²) in [6.45, 7) is 2.59. The zero-order chi connectivity index (χ0) is 12.2. The molecule has 0 radical (unpaired) electrons. The quantitative estimate of drug-likeness (QED) is 0.493. The average molecular weight is 230 g/mol. The van der Waals surface area contributed by atoms with Gasteiger partial charge in [-0.1, -0.05) is 45.4 Å². The van der Waals surface area contributed by atoms with Gasteiger partial charge in [-0.05, 0) is 6.42 Å². The molecule has 4 heteroatoms. The molecule has 0 aromatic rings. The normalized spacial score (nSPS) is 12.4. The molecule has 4 nitrogen and oxygen atoms in total. The van der Waals surface area contributed by atoms with E-state index in [1.807, 2.05) is 0 Å². The lowest BCUT2D eigenvalue weighted by molar-refractivity contribution is -0.123. The fraction of sp³-hybridized carbons (Fsp3) is 0.917. The second-order valence-electron chi connectivity index (χ2n) is 4.20. The molecule has 0 fully saturated rings. The summed E-state index contributed by atoms with van der Waals surface area (Å²) in [7, 11) is 0. The van der Waals surface area contributed by atoms with Gasteiger partial charge in [0.2, 0.25) is 5.91 Å². The van der Waals surface area contributed by atoms with Gasteiger partial charge < -0.3 is 16.2 Å². The van der Waals surface area contributed by atoms with Crippen LogP contribution in [-0.2, 0) is 4.79 Å². The van der Waals surface area contributed by atoms with Gasteiger partial charge in [0.05, 0.1) is 6.61 Å². The van der Waals surface area contributed by atoms with Gasteiger partial charge in [0.25, 0.3) is 0 Å². The molecule has 0 aliphatic carbocycles. The van der Waals surface area contributed by atoms with Crippen molar-refractivity contribution >= 4 is 5.91 Å². The van der Waals surface area contributed by atoms with Gasteiger partial charge >= 0.3 is 0 Å². The van der Waals surface area contributed by atoms with Crippen molar-refractivity contribution in [3.63, 3.8) is 0 Å². The zero-order valence-corrected chi connectivity index (χ0v) is 10.4. The highest BCUT2D eigenvalue weighted by atomic mass is 16.3. The van der Waals surface area contributed by atoms with Crippen LogP contribution in [0.5, 0.6) is 0 Å². The molecule has 0 aliphatic heterocycles. The number of nitrogens with one attached hydrogen (secondary N) is 1. The monoisotopic (exact) mass is 230 g/mol. The SMILES string of the molecule is CCCCCCCCCNC(=O)[C@@H](N)CO. The second-order valence-corrected chi connectivity index (χ2v) is 4.20. The molecule has 0 aliphatic rings. The van der Waals surface area contributed by atoms with Crippen molar-refractivity contribution in [1.82, 2.24) is 5.32 Å². The first-order valence-electron chi connectivity index (χ1n) is 6.36. The number of carbonyl (C=O) groups excluding carboxylic acids is 1. The van der Waals surface area contributed by atoms with E-state index in [2.05, 4.69) is 12.2 Å². The molecule has 1 amide bonds. The molecule has 0 unspecified atom stereocenters. The van der Waals surface area contributed by atoms with Crippen molar-refractivity contribution < 1.29 is 9.90 Å². The molecule has 0 aromatic carbocycles. The molecular formula is C12H26N2O2. The summed E-state index contributed by atoms with van der Waals surface area (Å²) >= 11 is 0. The maximum atomic E-state index is 11.2. The minimum Gasteiger partial charge on any atom is -0.394 e. The molecule has 96 valence electrons. The van der Waals surface area contributed by atoms with E-state index in [9.17, 15) is 4.79 Å². The van der Waals surface area contributed by atoms with Crippen LogP contribution in [0.1, 0.15) is 51.9 Å². The smallest absolute Gasteiger partial charge is 0.239 e. The molecule has 0 bridgehead atoms. The van der Waals surface area contributed by atoms with Crippen molar-refractivity contribution in [2.24, 2.45) is 5.73 Å². The van der Waals surface area contributed by atoms with Crippen LogP contribution in [0.25, 0.3) is 0 Å². The summed E-state index contributed by atoms with van der Waals surface area (Å²) in [5.41, 5.74) is 5.35. The number of carbonyl (C=O) groups is 1. The first-order valence-corrected chi connectivity index (χ1v) is 6.36. The lowest BCUT2D eigenvalue weighted by atomic mass is 10.1. The van der Waals surface area contributed by atoms with Crippen molar-refractivity contribution in [3.05, 3.63) is 0 Å². The Labute approximate surface area is 98.6 Å². The van der Waals surface area contributed by atoms with Gasteiger partial charge in [0.1, 0.15) is 6.04 Å². The molecule has 0 heterocycles. The summed E-state index contributed by atoms with van der Waals surface area (Å²) in [5.74, 6) is -0.256. The van der Waals surface area contributed by atoms with Crippen molar-refractivity contribution in [2.75, 3.05) is 13.2 Å². The van der Waals surface area contributed by atoms with E-state index in [0.717, 1.165) is 12.8 Å². The fourth-order valence-corrected chi connectivity index (χ4v) is 1.51. The standard InChI is InChI=1S/C12H26N2O2/c1-2-3-4-5-6-7-8-9-14-12(16)11(13)10-15/h11,15H,2-10,13H2,1H3,(H,14,16)/t11-/m0/s1. The number of amides is 1. The van der Waals surface area contributed by atoms with E-state index < -0.39 is 6.04 Å². The molecule has 0 aromatic heterocycles. The summed E-state index contributed by atoms with van der Waals surface area (Å²) in [4.78, 5) is 11.2. The summed E-state index contributed by atoms with van der Waals surface area (Å²) in [6, 6.07) is -0.774. The Balaban J connectivity index is 3.18. The third kappa shape index (κ3) is 8.68. The average Bonchev–Trinajstić information content (AvgIpc) is 2.31. The highest BCUT2D eigenvalue weighted by Gasteiger charge is 2.09. The van der Waals surface area contributed by atoms with Crippen LogP contribution in [0.4, 0.5) is 0 Å². The van der Waals surface area contributed by atoms with E-state index in [0.29, 0.717) is 6.54 Å². The van der Waals surface area contributed by atoms with Crippen LogP contribution in [0.2, 0.25) is 0 Å². The fourth-order valence-electron chi connectivity index (χ4n) is 1.51. The van der Waals surface area contributed by atoms with Crippen LogP contribution < -0.4 is 11.1 Å². The molecule has 0 spiro atoms. The van der Waals surface area contributed by atoms with Gasteiger partial charge in [0.15, 0.2) is 0 Å². The van der Waals surface area contributed by atoms with E-state index >= 15 is 0 Å². The predicted molar refractivity (Wildman–Crippen MR) is 66.1 cm³/mol. The maximum absolute atomic E-state index is 11.2. The molecular weight excluding hydrogens is 204 g/mol. The molecule has 16 heavy (non-hydrogen) atoms. The zero-order valence-electron chi connectivity index (χ0n) is 10.4. The van der Waals surface area contributed by atoms with Gasteiger partial charge in [-0.25, -0.2) is 0 Å². The molecule has 0 saturated carbocycles. The number of hydrogen-bond donors (Lipinski definition) is 3. The highest BCUT2D eigenvalue weighted by molar-refractivity contribution is 5.81. The number of unbranched alkanes of at least 4 members (excludes halogenated alkanes) is 6. The third-order valence-electron chi connectivity index (χ3n) is 2.61. The van der Waals surface area contributed by atoms with Crippen LogP contribution in [-0.4, -0.2) is 30.2 Å². The lowest BCUT2D eigenvalue weighted by Gasteiger charge is -2.09. The highest BCUT2D eigenvalue weighted by Crippen LogP contribution is 2.06. The molecule has 0 saturated heterocycles. The number of aliphatic hydroxyl groups excluding tert-OH is 1. The van der Waals surface area contributed by atoms with Gasteiger partial charge in [-0.3, -0.25) is 4.79 Å². The predicted octanol–water partition coefficient (Wildman–Crippen LogP) is 1.17. The minimum atomic E-state index is -0.774. The van der Waals surface area contributed by atoms with Crippen molar-refractivity contribution in [3.8, 4) is 0 Å². The first kappa shape index (κ1) is 15.4. The van der Waals surface area contributed by atoms with Crippen LogP contribution >= 0.6 is 0 Å². The second kappa shape index (κ2) is 10.9. The van der Waals surface area contributed by atoms with Crippen LogP contribution in [0, 0.1) is 0 Å². The van der Waals surface area contributed by atoms with Crippen molar-refractivity contribution in [2.45, 2.75) is 57.9 Å². The summed E-state index contributed by atoms with van der Waals surface area (Å²) < 4.78 is 0. The summed E-state index contributed by atoms with van der Waals surface area (Å²) in [5, 5.41) is 11.4. The Morgan fingerprint density at radius 3 is 2.31 bits per heavy atom. The van der Waals surface area contributed by atoms with E-state index in [-0.39, 0.29) is 12.5 Å². The van der Waals surface area contributed by atoms with Crippen LogP contribution in [0.15, 0.2) is 0 Å². The van der Waals surface area contributed by atoms with Gasteiger partial charge in [0, 0.05) is 6.54 Å². The third-order valence-corrected chi connectivity index (χ3v) is 2.61. The number of aliphatic hydroxyl groups is 1. The minimum absolute atomic E-state index is 0.256. The number of nitrogens with two attached hydrogens (primary N) is 1. The molecule has 1 atom stereocenters. The topological polar surface area (TPSA) is 75.4 Å². The first-order chi connectivity index (χ1) is 7.72. The van der Waals surface area contributed by atoms with Crippen molar-refractivity contribution in [1.29, 1.82) is 0 Å². The number of rotatable bonds is 10. The molecule has 0 rings (SSSR count). The Hall–Kier alpha value is -0.610. The largest absolute Gasteiger partial charge is 0.394 e. The van der Waals surface area contributed by atoms with Gasteiger partial charge in [-0.2, -0.15) is 0 Å². The molecule has 4 N–H and O–H groups in total. The Bertz CT molecular complexity index is 174. The number of hydrogen-bond acceptors (Lipinski definition) is 3. The van der Waals surface area contributed by atoms with E-state index in [4.69, 9.17) is 10.8 Å². The Morgan fingerprint density at radius 2 is 1.75 bits per heavy atom. The lowest BCUT2D eigenvalue weighted by Crippen LogP contribution is -2.43. The van der Waals surface area contributed by atoms with E-state index in [1.54, 1.807) is 0 Å². The maximum Gasteiger partial charge on any atom is 0.239 e. The Kier molecular flexibility index (Phi) is 10.5. The Morgan fingerprint density at radius 1 is 1.19 bits per heavy atom. The summed E-state index contributed by atoms with van der Waals surface area (Å²) in [6.07, 6.45) is 8.59. The van der Waals surface area contributed by atoms with Gasteiger partial charge in [-0.15, -0.1) is 0 Å². The van der Waals surface area contributed by atoms with E-state index in [1.165, 1.54) is 32.1 Å².